The van der Waals surface area contributed by atoms with E-state index in [-0.39, 0.29) is 5.76 Å². The predicted molar refractivity (Wildman–Crippen MR) is 54.2 cm³/mol. The summed E-state index contributed by atoms with van der Waals surface area (Å²) in [5, 5.41) is 0. The molecule has 0 saturated heterocycles. The normalized spacial score (nSPS) is 9.60. The van der Waals surface area contributed by atoms with Crippen LogP contribution in [-0.4, -0.2) is 5.97 Å². The molecule has 0 radical (unpaired) electrons. The van der Waals surface area contributed by atoms with E-state index in [9.17, 15) is 4.79 Å². The van der Waals surface area contributed by atoms with Crippen LogP contribution in [0.25, 0.3) is 0 Å². The lowest BCUT2D eigenvalue weighted by Gasteiger charge is -2.04. The molecule has 15 heavy (non-hydrogen) atoms. The Balaban J connectivity index is 1.92. The lowest BCUT2D eigenvalue weighted by Crippen LogP contribution is -2.09. The average molecular weight is 203 g/mol. The Morgan fingerprint density at radius 3 is 2.60 bits per heavy atom. The number of furan rings is 1. The van der Waals surface area contributed by atoms with Crippen molar-refractivity contribution in [3.05, 3.63) is 54.5 Å². The summed E-state index contributed by atoms with van der Waals surface area (Å²) in [7, 11) is 0. The van der Waals surface area contributed by atoms with Gasteiger partial charge in [0.05, 0.1) is 12.0 Å². The number of carbonyl (C=O) groups excluding carboxylic acids is 1. The van der Waals surface area contributed by atoms with E-state index in [0.29, 0.717) is 5.69 Å². The van der Waals surface area contributed by atoms with E-state index >= 15 is 0 Å². The number of benzene rings is 1. The Kier molecular flexibility index (Phi) is 2.69. The van der Waals surface area contributed by atoms with Crippen LogP contribution in [0.1, 0.15) is 10.6 Å². The van der Waals surface area contributed by atoms with Crippen molar-refractivity contribution in [2.45, 2.75) is 0 Å². The molecule has 1 heterocycles. The van der Waals surface area contributed by atoms with Crippen LogP contribution in [0.2, 0.25) is 0 Å². The molecule has 0 unspecified atom stereocenters. The maximum absolute atomic E-state index is 11.3. The standard InChI is InChI=1S/C11H9NO3/c13-11(10-7-4-8-14-10)15-12-9-5-2-1-3-6-9/h1-8,12H. The maximum atomic E-state index is 11.3. The van der Waals surface area contributed by atoms with Crippen molar-refractivity contribution in [1.82, 2.24) is 0 Å². The summed E-state index contributed by atoms with van der Waals surface area (Å²) in [4.78, 5) is 16.1. The Hall–Kier alpha value is -2.23. The molecule has 4 nitrogen and oxygen atoms in total. The lowest BCUT2D eigenvalue weighted by molar-refractivity contribution is 0.0561. The van der Waals surface area contributed by atoms with Crippen LogP contribution in [0, 0.1) is 0 Å². The van der Waals surface area contributed by atoms with Crippen LogP contribution in [0.4, 0.5) is 5.69 Å². The molecule has 0 amide bonds. The molecule has 1 aromatic carbocycles. The second-order valence-electron chi connectivity index (χ2n) is 2.83. The largest absolute Gasteiger partial charge is 0.457 e. The third-order valence-corrected chi connectivity index (χ3v) is 1.76. The van der Waals surface area contributed by atoms with Gasteiger partial charge in [0.15, 0.2) is 0 Å². The number of rotatable bonds is 3. The van der Waals surface area contributed by atoms with E-state index in [1.165, 1.54) is 12.3 Å². The molecular formula is C11H9NO3. The molecule has 76 valence electrons. The Morgan fingerprint density at radius 2 is 1.93 bits per heavy atom. The molecule has 0 aliphatic carbocycles. The van der Waals surface area contributed by atoms with Crippen molar-refractivity contribution in [1.29, 1.82) is 0 Å². The molecular weight excluding hydrogens is 194 g/mol. The van der Waals surface area contributed by atoms with Crippen LogP contribution in [0.5, 0.6) is 0 Å². The minimum Gasteiger partial charge on any atom is -0.457 e. The van der Waals surface area contributed by atoms with Crippen LogP contribution in [0.15, 0.2) is 53.1 Å². The highest BCUT2D eigenvalue weighted by Gasteiger charge is 2.09. The van der Waals surface area contributed by atoms with Gasteiger partial charge in [0.1, 0.15) is 0 Å². The molecule has 1 N–H and O–H groups in total. The smallest absolute Gasteiger partial charge is 0.398 e. The van der Waals surface area contributed by atoms with E-state index < -0.39 is 5.97 Å². The Labute approximate surface area is 86.4 Å². The minimum atomic E-state index is -0.552. The second-order valence-corrected chi connectivity index (χ2v) is 2.83. The minimum absolute atomic E-state index is 0.165. The van der Waals surface area contributed by atoms with Gasteiger partial charge >= 0.3 is 5.97 Å². The molecule has 0 spiro atoms. The molecule has 0 bridgehead atoms. The molecule has 1 aromatic heterocycles. The summed E-state index contributed by atoms with van der Waals surface area (Å²) in [6, 6.07) is 12.3. The van der Waals surface area contributed by atoms with Crippen molar-refractivity contribution in [3.63, 3.8) is 0 Å². The first-order chi connectivity index (χ1) is 7.36. The quantitative estimate of drug-likeness (QED) is 0.778. The zero-order valence-corrected chi connectivity index (χ0v) is 7.84. The summed E-state index contributed by atoms with van der Waals surface area (Å²) in [5.41, 5.74) is 3.23. The first-order valence-corrected chi connectivity index (χ1v) is 4.42. The molecule has 0 fully saturated rings. The average Bonchev–Trinajstić information content (AvgIpc) is 2.81. The highest BCUT2D eigenvalue weighted by Crippen LogP contribution is 2.07. The molecule has 2 rings (SSSR count). The molecule has 4 heteroatoms. The van der Waals surface area contributed by atoms with Crippen molar-refractivity contribution < 1.29 is 14.0 Å². The number of nitrogens with one attached hydrogen (secondary N) is 1. The predicted octanol–water partition coefficient (Wildman–Crippen LogP) is 2.46. The van der Waals surface area contributed by atoms with Gasteiger partial charge in [0, 0.05) is 0 Å². The fraction of sp³-hybridized carbons (Fsp3) is 0. The third-order valence-electron chi connectivity index (χ3n) is 1.76. The zero-order valence-electron chi connectivity index (χ0n) is 7.84. The summed E-state index contributed by atoms with van der Waals surface area (Å²) in [5.74, 6) is -0.387. The maximum Gasteiger partial charge on any atom is 0.398 e. The Morgan fingerprint density at radius 1 is 1.13 bits per heavy atom. The van der Waals surface area contributed by atoms with E-state index in [2.05, 4.69) is 5.48 Å². The monoisotopic (exact) mass is 203 g/mol. The fourth-order valence-corrected chi connectivity index (χ4v) is 1.06. The van der Waals surface area contributed by atoms with Crippen molar-refractivity contribution >= 4 is 11.7 Å². The van der Waals surface area contributed by atoms with E-state index in [0.717, 1.165) is 0 Å². The van der Waals surface area contributed by atoms with E-state index in [1.807, 2.05) is 18.2 Å². The zero-order chi connectivity index (χ0) is 10.5. The third kappa shape index (κ3) is 2.37. The summed E-state index contributed by atoms with van der Waals surface area (Å²) in [6.45, 7) is 0. The van der Waals surface area contributed by atoms with Crippen molar-refractivity contribution in [2.75, 3.05) is 5.48 Å². The van der Waals surface area contributed by atoms with Crippen LogP contribution in [0.3, 0.4) is 0 Å². The Bertz CT molecular complexity index is 422. The molecule has 0 aliphatic heterocycles. The van der Waals surface area contributed by atoms with Gasteiger partial charge in [-0.05, 0) is 24.3 Å². The summed E-state index contributed by atoms with van der Waals surface area (Å²) < 4.78 is 4.87. The van der Waals surface area contributed by atoms with Gasteiger partial charge in [-0.2, -0.15) is 0 Å². The van der Waals surface area contributed by atoms with Crippen molar-refractivity contribution in [3.8, 4) is 0 Å². The molecule has 0 saturated carbocycles. The van der Waals surface area contributed by atoms with Crippen LogP contribution >= 0.6 is 0 Å². The van der Waals surface area contributed by atoms with E-state index in [1.54, 1.807) is 18.2 Å². The SMILES string of the molecule is O=C(ONc1ccccc1)c1ccco1. The van der Waals surface area contributed by atoms with Gasteiger partial charge in [0.25, 0.3) is 0 Å². The summed E-state index contributed by atoms with van der Waals surface area (Å²) in [6.07, 6.45) is 1.42. The first kappa shape index (κ1) is 9.33. The van der Waals surface area contributed by atoms with Crippen LogP contribution < -0.4 is 5.48 Å². The number of hydrogen-bond donors (Lipinski definition) is 1. The first-order valence-electron chi connectivity index (χ1n) is 4.42. The van der Waals surface area contributed by atoms with Crippen molar-refractivity contribution in [2.24, 2.45) is 0 Å². The van der Waals surface area contributed by atoms with Gasteiger partial charge in [-0.25, -0.2) is 10.3 Å². The number of carbonyl (C=O) groups is 1. The van der Waals surface area contributed by atoms with Gasteiger partial charge in [-0.3, -0.25) is 0 Å². The molecule has 2 aromatic rings. The van der Waals surface area contributed by atoms with Gasteiger partial charge < -0.3 is 9.25 Å². The molecule has 0 atom stereocenters. The second kappa shape index (κ2) is 4.32. The lowest BCUT2D eigenvalue weighted by atomic mass is 10.3. The van der Waals surface area contributed by atoms with E-state index in [4.69, 9.17) is 9.25 Å². The molecule has 0 aliphatic rings. The summed E-state index contributed by atoms with van der Waals surface area (Å²) >= 11 is 0. The topological polar surface area (TPSA) is 51.5 Å². The highest BCUT2D eigenvalue weighted by atomic mass is 16.7. The fourth-order valence-electron chi connectivity index (χ4n) is 1.06. The highest BCUT2D eigenvalue weighted by molar-refractivity contribution is 5.86. The van der Waals surface area contributed by atoms with Gasteiger partial charge in [-0.1, -0.05) is 18.2 Å². The number of para-hydroxylation sites is 1. The number of anilines is 1. The van der Waals surface area contributed by atoms with Crippen LogP contribution in [-0.2, 0) is 4.84 Å². The number of hydrogen-bond acceptors (Lipinski definition) is 4. The van der Waals surface area contributed by atoms with Gasteiger partial charge in [0.2, 0.25) is 5.76 Å². The van der Waals surface area contributed by atoms with Gasteiger partial charge in [-0.15, -0.1) is 0 Å².